The molecular formula is C10H15BrNO4PS. The van der Waals surface area contributed by atoms with Crippen molar-refractivity contribution < 1.29 is 18.7 Å². The van der Waals surface area contributed by atoms with E-state index >= 15 is 0 Å². The Morgan fingerprint density at radius 2 is 2.33 bits per heavy atom. The second kappa shape index (κ2) is 6.73. The smallest absolute Gasteiger partial charge is 0.403 e. The van der Waals surface area contributed by atoms with E-state index in [0.717, 1.165) is 9.35 Å². The van der Waals surface area contributed by atoms with Crippen molar-refractivity contribution in [1.29, 1.82) is 0 Å². The highest BCUT2D eigenvalue weighted by Gasteiger charge is 2.23. The Morgan fingerprint density at radius 1 is 1.67 bits per heavy atom. The molecule has 102 valence electrons. The molecule has 0 bridgehead atoms. The number of methoxy groups -OCH3 is 1. The van der Waals surface area contributed by atoms with Crippen molar-refractivity contribution in [2.45, 2.75) is 0 Å². The third kappa shape index (κ3) is 5.12. The molecule has 1 rings (SSSR count). The first-order valence-corrected chi connectivity index (χ1v) is 8.41. The standard InChI is InChI=1S/C10H15BrNO4PS/c1-12(2)10(16-17(13,14)7-15-3)5-9-4-8(11)6-18-9/h4-6H,7H2,1-3H3,(H,13,14). The number of hydrogen-bond acceptors (Lipinski definition) is 5. The predicted octanol–water partition coefficient (Wildman–Crippen LogP) is 3.18. The Morgan fingerprint density at radius 3 is 2.78 bits per heavy atom. The van der Waals surface area contributed by atoms with E-state index in [-0.39, 0.29) is 6.35 Å². The lowest BCUT2D eigenvalue weighted by molar-refractivity contribution is 0.189. The van der Waals surface area contributed by atoms with E-state index in [1.54, 1.807) is 25.1 Å². The van der Waals surface area contributed by atoms with E-state index in [1.807, 2.05) is 11.4 Å². The maximum absolute atomic E-state index is 11.7. The summed E-state index contributed by atoms with van der Waals surface area (Å²) in [5, 5.41) is 1.92. The molecule has 0 spiro atoms. The normalized spacial score (nSPS) is 15.3. The first-order valence-electron chi connectivity index (χ1n) is 4.97. The zero-order valence-electron chi connectivity index (χ0n) is 10.3. The minimum atomic E-state index is -3.77. The Balaban J connectivity index is 2.90. The Kier molecular flexibility index (Phi) is 5.88. The third-order valence-electron chi connectivity index (χ3n) is 1.82. The molecule has 0 aliphatic rings. The van der Waals surface area contributed by atoms with Gasteiger partial charge in [0.2, 0.25) is 0 Å². The number of rotatable bonds is 6. The number of nitrogens with zero attached hydrogens (tertiary/aromatic N) is 1. The van der Waals surface area contributed by atoms with Gasteiger partial charge in [0.05, 0.1) is 0 Å². The second-order valence-electron chi connectivity index (χ2n) is 3.69. The molecule has 1 aromatic rings. The van der Waals surface area contributed by atoms with Crippen molar-refractivity contribution in [2.75, 3.05) is 27.6 Å². The average molecular weight is 356 g/mol. The lowest BCUT2D eigenvalue weighted by Crippen LogP contribution is -2.13. The van der Waals surface area contributed by atoms with Crippen LogP contribution in [0, 0.1) is 0 Å². The number of thiophene rings is 1. The van der Waals surface area contributed by atoms with Gasteiger partial charge in [-0.15, -0.1) is 11.3 Å². The molecule has 0 aliphatic carbocycles. The second-order valence-corrected chi connectivity index (χ2v) is 7.26. The molecule has 1 atom stereocenters. The first kappa shape index (κ1) is 15.7. The van der Waals surface area contributed by atoms with Crippen LogP contribution in [-0.4, -0.2) is 37.3 Å². The molecule has 18 heavy (non-hydrogen) atoms. The zero-order chi connectivity index (χ0) is 13.8. The lowest BCUT2D eigenvalue weighted by Gasteiger charge is -2.20. The number of hydrogen-bond donors (Lipinski definition) is 1. The van der Waals surface area contributed by atoms with Crippen LogP contribution in [0.5, 0.6) is 0 Å². The highest BCUT2D eigenvalue weighted by molar-refractivity contribution is 9.10. The first-order chi connectivity index (χ1) is 8.34. The average Bonchev–Trinajstić information content (AvgIpc) is 2.62. The van der Waals surface area contributed by atoms with Crippen LogP contribution in [0.25, 0.3) is 6.08 Å². The molecule has 0 fully saturated rings. The summed E-state index contributed by atoms with van der Waals surface area (Å²) in [6.45, 7) is 0. The molecule has 0 saturated carbocycles. The van der Waals surface area contributed by atoms with Crippen LogP contribution < -0.4 is 0 Å². The van der Waals surface area contributed by atoms with Crippen LogP contribution in [0.2, 0.25) is 0 Å². The van der Waals surface area contributed by atoms with Crippen LogP contribution in [0.4, 0.5) is 0 Å². The van der Waals surface area contributed by atoms with Gasteiger partial charge in [-0.05, 0) is 22.0 Å². The van der Waals surface area contributed by atoms with Crippen LogP contribution >= 0.6 is 34.9 Å². The van der Waals surface area contributed by atoms with Crippen LogP contribution in [0.1, 0.15) is 4.88 Å². The molecule has 8 heteroatoms. The van der Waals surface area contributed by atoms with Crippen molar-refractivity contribution in [3.8, 4) is 0 Å². The Hall–Kier alpha value is -0.330. The van der Waals surface area contributed by atoms with Crippen LogP contribution in [-0.2, 0) is 13.8 Å². The van der Waals surface area contributed by atoms with Gasteiger partial charge in [-0.2, -0.15) is 0 Å². The van der Waals surface area contributed by atoms with E-state index in [2.05, 4.69) is 20.7 Å². The summed E-state index contributed by atoms with van der Waals surface area (Å²) in [6, 6.07) is 1.90. The highest BCUT2D eigenvalue weighted by Crippen LogP contribution is 2.44. The van der Waals surface area contributed by atoms with Gasteiger partial charge in [-0.3, -0.25) is 0 Å². The fraction of sp³-hybridized carbons (Fsp3) is 0.400. The summed E-state index contributed by atoms with van der Waals surface area (Å²) < 4.78 is 22.4. The predicted molar refractivity (Wildman–Crippen MR) is 76.5 cm³/mol. The molecule has 1 aromatic heterocycles. The number of halogens is 1. The van der Waals surface area contributed by atoms with Gasteiger partial charge in [0.25, 0.3) is 0 Å². The van der Waals surface area contributed by atoms with Gasteiger partial charge < -0.3 is 19.1 Å². The molecule has 1 heterocycles. The highest BCUT2D eigenvalue weighted by atomic mass is 79.9. The maximum atomic E-state index is 11.7. The topological polar surface area (TPSA) is 59.0 Å². The molecule has 1 unspecified atom stereocenters. The van der Waals surface area contributed by atoms with Crippen molar-refractivity contribution in [1.82, 2.24) is 4.90 Å². The Bertz CT molecular complexity index is 474. The van der Waals surface area contributed by atoms with Crippen molar-refractivity contribution in [3.05, 3.63) is 26.7 Å². The fourth-order valence-electron chi connectivity index (χ4n) is 1.10. The Labute approximate surface area is 119 Å². The summed E-state index contributed by atoms with van der Waals surface area (Å²) >= 11 is 4.85. The zero-order valence-corrected chi connectivity index (χ0v) is 13.6. The van der Waals surface area contributed by atoms with E-state index in [1.165, 1.54) is 18.4 Å². The summed E-state index contributed by atoms with van der Waals surface area (Å²) in [4.78, 5) is 12.1. The summed E-state index contributed by atoms with van der Waals surface area (Å²) in [6.07, 6.45) is 1.36. The monoisotopic (exact) mass is 355 g/mol. The minimum Gasteiger partial charge on any atom is -0.407 e. The molecule has 0 aliphatic heterocycles. The van der Waals surface area contributed by atoms with Crippen LogP contribution in [0.3, 0.4) is 0 Å². The molecule has 5 nitrogen and oxygen atoms in total. The van der Waals surface area contributed by atoms with Gasteiger partial charge in [0, 0.05) is 42.0 Å². The molecule has 0 saturated heterocycles. The lowest BCUT2D eigenvalue weighted by atomic mass is 10.4. The largest absolute Gasteiger partial charge is 0.407 e. The van der Waals surface area contributed by atoms with Gasteiger partial charge in [-0.25, -0.2) is 4.57 Å². The molecule has 0 aromatic carbocycles. The number of ether oxygens (including phenoxy) is 1. The van der Waals surface area contributed by atoms with E-state index in [0.29, 0.717) is 5.88 Å². The van der Waals surface area contributed by atoms with Gasteiger partial charge >= 0.3 is 7.60 Å². The maximum Gasteiger partial charge on any atom is 0.403 e. The van der Waals surface area contributed by atoms with Crippen molar-refractivity contribution >= 4 is 40.9 Å². The molecule has 0 amide bonds. The molecular weight excluding hydrogens is 341 g/mol. The van der Waals surface area contributed by atoms with Gasteiger partial charge in [0.15, 0.2) is 12.2 Å². The van der Waals surface area contributed by atoms with E-state index in [4.69, 9.17) is 4.52 Å². The third-order valence-corrected chi connectivity index (χ3v) is 4.52. The van der Waals surface area contributed by atoms with Gasteiger partial charge in [-0.1, -0.05) is 0 Å². The minimum absolute atomic E-state index is 0.312. The fourth-order valence-corrected chi connectivity index (χ4v) is 3.34. The van der Waals surface area contributed by atoms with Crippen LogP contribution in [0.15, 0.2) is 21.8 Å². The molecule has 0 radical (unpaired) electrons. The summed E-state index contributed by atoms with van der Waals surface area (Å²) in [7, 11) is 1.05. The summed E-state index contributed by atoms with van der Waals surface area (Å²) in [5.74, 6) is 0.312. The summed E-state index contributed by atoms with van der Waals surface area (Å²) in [5.41, 5.74) is 0. The van der Waals surface area contributed by atoms with E-state index in [9.17, 15) is 9.46 Å². The van der Waals surface area contributed by atoms with E-state index < -0.39 is 7.60 Å². The molecule has 1 N–H and O–H groups in total. The van der Waals surface area contributed by atoms with Crippen molar-refractivity contribution in [2.24, 2.45) is 0 Å². The SMILES string of the molecule is COCP(=O)(O)OC(=Cc1cc(Br)cs1)N(C)C. The quantitative estimate of drug-likeness (QED) is 0.627. The van der Waals surface area contributed by atoms with Gasteiger partial charge in [0.1, 0.15) is 0 Å². The van der Waals surface area contributed by atoms with Crippen molar-refractivity contribution in [3.63, 3.8) is 0 Å².